The fraction of sp³-hybridized carbons (Fsp3) is 0.231. The van der Waals surface area contributed by atoms with E-state index in [1.165, 1.54) is 5.56 Å². The number of nitrogens with two attached hydrogens (primary N) is 2. The third kappa shape index (κ3) is 4.55. The number of amidine groups is 1. The average Bonchev–Trinajstić information content (AvgIpc) is 3.54. The first-order valence-electron chi connectivity index (χ1n) is 11.4. The van der Waals surface area contributed by atoms with Gasteiger partial charge in [-0.15, -0.1) is 0 Å². The summed E-state index contributed by atoms with van der Waals surface area (Å²) in [6.45, 7) is 1.49. The van der Waals surface area contributed by atoms with Gasteiger partial charge < -0.3 is 21.5 Å². The van der Waals surface area contributed by atoms with Gasteiger partial charge >= 0.3 is 0 Å². The summed E-state index contributed by atoms with van der Waals surface area (Å²) in [7, 11) is 0. The lowest BCUT2D eigenvalue weighted by Crippen LogP contribution is -2.36. The normalized spacial score (nSPS) is 16.1. The fourth-order valence-corrected chi connectivity index (χ4v) is 5.09. The molecule has 0 aromatic heterocycles. The quantitative estimate of drug-likeness (QED) is 0.174. The number of rotatable bonds is 6. The third-order valence-corrected chi connectivity index (χ3v) is 7.51. The van der Waals surface area contributed by atoms with E-state index in [-0.39, 0.29) is 11.4 Å². The predicted molar refractivity (Wildman–Crippen MR) is 141 cm³/mol. The van der Waals surface area contributed by atoms with Crippen LogP contribution in [0.4, 0.5) is 5.69 Å². The molecule has 6 N–H and O–H groups in total. The predicted octanol–water partition coefficient (Wildman–Crippen LogP) is 4.06. The number of hydrogen-bond acceptors (Lipinski definition) is 5. The highest BCUT2D eigenvalue weighted by molar-refractivity contribution is 6.42. The van der Waals surface area contributed by atoms with Crippen LogP contribution in [0.2, 0.25) is 10.0 Å². The van der Waals surface area contributed by atoms with Gasteiger partial charge in [0, 0.05) is 18.7 Å². The number of hydrazine groups is 1. The Balaban J connectivity index is 1.37. The largest absolute Gasteiger partial charge is 0.366 e. The Hall–Kier alpha value is -3.26. The van der Waals surface area contributed by atoms with E-state index in [4.69, 9.17) is 34.9 Å². The van der Waals surface area contributed by atoms with Gasteiger partial charge in [-0.3, -0.25) is 4.79 Å². The number of para-hydroxylation sites is 1. The maximum Gasteiger partial charge on any atom is 0.254 e. The first-order chi connectivity index (χ1) is 16.9. The number of benzene rings is 3. The minimum atomic E-state index is -0.373. The molecule has 0 unspecified atom stereocenters. The molecule has 5 rings (SSSR count). The zero-order valence-corrected chi connectivity index (χ0v) is 20.5. The van der Waals surface area contributed by atoms with Crippen molar-refractivity contribution >= 4 is 40.6 Å². The number of fused-ring (bicyclic) bond motifs is 1. The number of nitrogens with zero attached hydrogens (tertiary/aromatic N) is 2. The van der Waals surface area contributed by atoms with Gasteiger partial charge in [0.15, 0.2) is 5.84 Å². The van der Waals surface area contributed by atoms with Crippen LogP contribution >= 0.6 is 23.2 Å². The molecule has 1 amide bonds. The van der Waals surface area contributed by atoms with Crippen LogP contribution in [0.3, 0.4) is 0 Å². The number of amides is 1. The van der Waals surface area contributed by atoms with Crippen LogP contribution < -0.4 is 27.3 Å². The van der Waals surface area contributed by atoms with E-state index in [1.807, 2.05) is 54.6 Å². The zero-order chi connectivity index (χ0) is 24.6. The number of anilines is 1. The van der Waals surface area contributed by atoms with Gasteiger partial charge in [-0.2, -0.15) is 5.10 Å². The van der Waals surface area contributed by atoms with Crippen LogP contribution in [0.1, 0.15) is 45.5 Å². The molecule has 3 aromatic carbocycles. The second kappa shape index (κ2) is 9.41. The number of halogens is 2. The van der Waals surface area contributed by atoms with Crippen LogP contribution in [0, 0.1) is 0 Å². The molecule has 180 valence electrons. The Labute approximate surface area is 214 Å². The van der Waals surface area contributed by atoms with E-state index in [2.05, 4.69) is 26.8 Å². The van der Waals surface area contributed by atoms with Crippen molar-refractivity contribution in [1.82, 2.24) is 10.7 Å². The second-order valence-corrected chi connectivity index (χ2v) is 9.78. The van der Waals surface area contributed by atoms with Crippen molar-refractivity contribution in [1.29, 1.82) is 0 Å². The molecule has 1 saturated carbocycles. The molecule has 0 saturated heterocycles. The third-order valence-electron chi connectivity index (χ3n) is 6.77. The van der Waals surface area contributed by atoms with Crippen LogP contribution in [0.15, 0.2) is 65.8 Å². The van der Waals surface area contributed by atoms with Gasteiger partial charge in [0.2, 0.25) is 0 Å². The first-order valence-corrected chi connectivity index (χ1v) is 12.2. The highest BCUT2D eigenvalue weighted by Crippen LogP contribution is 2.46. The van der Waals surface area contributed by atoms with Gasteiger partial charge in [0.1, 0.15) is 0 Å². The molecule has 9 heteroatoms. The summed E-state index contributed by atoms with van der Waals surface area (Å²) in [6, 6.07) is 19.4. The van der Waals surface area contributed by atoms with Crippen molar-refractivity contribution in [2.24, 2.45) is 16.8 Å². The molecule has 0 atom stereocenters. The van der Waals surface area contributed by atoms with Crippen molar-refractivity contribution < 1.29 is 4.79 Å². The van der Waals surface area contributed by atoms with E-state index in [0.717, 1.165) is 48.2 Å². The van der Waals surface area contributed by atoms with E-state index in [9.17, 15) is 4.79 Å². The van der Waals surface area contributed by atoms with Crippen molar-refractivity contribution in [3.05, 3.63) is 98.5 Å². The maximum atomic E-state index is 13.6. The molecule has 0 spiro atoms. The fourth-order valence-electron chi connectivity index (χ4n) is 4.77. The zero-order valence-electron chi connectivity index (χ0n) is 19.0. The summed E-state index contributed by atoms with van der Waals surface area (Å²) in [6.07, 6.45) is 2.66. The molecule has 1 heterocycles. The lowest BCUT2D eigenvalue weighted by atomic mass is 10.0. The second-order valence-electron chi connectivity index (χ2n) is 8.97. The molecular weight excluding hydrogens is 483 g/mol. The Morgan fingerprint density at radius 3 is 2.49 bits per heavy atom. The molecular formula is C26H26Cl2N6O. The van der Waals surface area contributed by atoms with Crippen LogP contribution in [0.25, 0.3) is 0 Å². The molecule has 35 heavy (non-hydrogen) atoms. The van der Waals surface area contributed by atoms with E-state index >= 15 is 0 Å². The van der Waals surface area contributed by atoms with Crippen molar-refractivity contribution in [2.75, 3.05) is 11.4 Å². The van der Waals surface area contributed by atoms with Crippen LogP contribution in [0.5, 0.6) is 0 Å². The van der Waals surface area contributed by atoms with Crippen molar-refractivity contribution in [2.45, 2.75) is 31.3 Å². The average molecular weight is 509 g/mol. The molecule has 2 aliphatic rings. The Morgan fingerprint density at radius 1 is 1.06 bits per heavy atom. The summed E-state index contributed by atoms with van der Waals surface area (Å²) < 4.78 is 0. The Kier molecular flexibility index (Phi) is 6.32. The number of hydrogen-bond donors (Lipinski definition) is 4. The summed E-state index contributed by atoms with van der Waals surface area (Å²) in [5.74, 6) is 11.2. The molecule has 7 nitrogen and oxygen atoms in total. The number of carbonyl (C=O) groups excluding carboxylic acids is 1. The molecule has 1 fully saturated rings. The lowest BCUT2D eigenvalue weighted by molar-refractivity contribution is 0.0931. The number of carbonyl (C=O) groups is 1. The van der Waals surface area contributed by atoms with Crippen molar-refractivity contribution in [3.8, 4) is 0 Å². The summed E-state index contributed by atoms with van der Waals surface area (Å²) in [4.78, 5) is 15.8. The molecule has 1 aliphatic carbocycles. The van der Waals surface area contributed by atoms with Gasteiger partial charge in [-0.05, 0) is 54.2 Å². The summed E-state index contributed by atoms with van der Waals surface area (Å²) >= 11 is 12.3. The number of nitrogens with one attached hydrogen (secondary N) is 2. The Bertz CT molecular complexity index is 1300. The standard InChI is InChI=1S/C26H26Cl2N6O/c27-21-9-4-16(14-22(21)28)15-34-13-10-17-2-1-3-20(23(17)34)25(35)31-26(11-12-26)19-7-5-18(6-8-19)24(32-29)33-30/h1-9,14H,10-13,15,29-30H2,(H,31,35)(H,32,33). The van der Waals surface area contributed by atoms with E-state index < -0.39 is 0 Å². The van der Waals surface area contributed by atoms with Gasteiger partial charge in [0.05, 0.1) is 26.8 Å². The van der Waals surface area contributed by atoms with E-state index in [0.29, 0.717) is 28.0 Å². The lowest BCUT2D eigenvalue weighted by Gasteiger charge is -2.24. The van der Waals surface area contributed by atoms with Crippen LogP contribution in [-0.2, 0) is 18.5 Å². The summed E-state index contributed by atoms with van der Waals surface area (Å²) in [5, 5.41) is 8.02. The topological polar surface area (TPSA) is 109 Å². The molecule has 1 aliphatic heterocycles. The number of hydrazone groups is 1. The Morgan fingerprint density at radius 2 is 1.83 bits per heavy atom. The minimum Gasteiger partial charge on any atom is -0.366 e. The smallest absolute Gasteiger partial charge is 0.254 e. The molecule has 0 radical (unpaired) electrons. The van der Waals surface area contributed by atoms with Gasteiger partial charge in [-0.25, -0.2) is 5.84 Å². The van der Waals surface area contributed by atoms with Gasteiger partial charge in [0.25, 0.3) is 5.91 Å². The highest BCUT2D eigenvalue weighted by atomic mass is 35.5. The summed E-state index contributed by atoms with van der Waals surface area (Å²) in [5.41, 5.74) is 7.83. The first kappa shape index (κ1) is 23.5. The SMILES string of the molecule is N/N=C(\NN)c1ccc(C2(NC(=O)c3cccc4c3N(Cc3ccc(Cl)c(Cl)c3)CC4)CC2)cc1. The van der Waals surface area contributed by atoms with E-state index in [1.54, 1.807) is 0 Å². The molecule has 0 bridgehead atoms. The van der Waals surface area contributed by atoms with Crippen LogP contribution in [-0.4, -0.2) is 18.3 Å². The maximum absolute atomic E-state index is 13.6. The minimum absolute atomic E-state index is 0.0719. The highest BCUT2D eigenvalue weighted by Gasteiger charge is 2.46. The molecule has 3 aromatic rings. The van der Waals surface area contributed by atoms with Crippen molar-refractivity contribution in [3.63, 3.8) is 0 Å². The monoisotopic (exact) mass is 508 g/mol. The van der Waals surface area contributed by atoms with Gasteiger partial charge in [-0.1, -0.05) is 65.7 Å².